The van der Waals surface area contributed by atoms with Crippen molar-refractivity contribution in [3.05, 3.63) is 62.5 Å². The molecule has 0 bridgehead atoms. The molecule has 0 spiro atoms. The second-order valence-corrected chi connectivity index (χ2v) is 9.68. The van der Waals surface area contributed by atoms with Crippen LogP contribution in [0, 0.1) is 6.92 Å². The van der Waals surface area contributed by atoms with E-state index in [1.807, 2.05) is 6.92 Å². The average Bonchev–Trinajstić information content (AvgIpc) is 3.41. The number of nitrogens with zero attached hydrogens (tertiary/aromatic N) is 4. The van der Waals surface area contributed by atoms with E-state index in [0.717, 1.165) is 70.0 Å². The third-order valence-corrected chi connectivity index (χ3v) is 7.73. The molecule has 3 aromatic rings. The normalized spacial score (nSPS) is 17.0. The third kappa shape index (κ3) is 4.22. The number of carbonyl (C=O) groups excluding carboxylic acids is 1. The van der Waals surface area contributed by atoms with Crippen molar-refractivity contribution in [2.45, 2.75) is 32.9 Å². The lowest BCUT2D eigenvalue weighted by Gasteiger charge is -2.34. The maximum absolute atomic E-state index is 12.8. The van der Waals surface area contributed by atoms with Crippen LogP contribution in [0.25, 0.3) is 10.2 Å². The average molecular weight is 452 g/mol. The van der Waals surface area contributed by atoms with Crippen molar-refractivity contribution >= 4 is 27.5 Å². The van der Waals surface area contributed by atoms with Crippen molar-refractivity contribution in [1.82, 2.24) is 24.7 Å². The molecule has 5 rings (SSSR count). The molecule has 1 amide bonds. The molecule has 0 aliphatic carbocycles. The zero-order valence-electron chi connectivity index (χ0n) is 18.5. The highest BCUT2D eigenvalue weighted by Gasteiger charge is 2.23. The van der Waals surface area contributed by atoms with Gasteiger partial charge in [0.25, 0.3) is 11.5 Å². The van der Waals surface area contributed by atoms with E-state index in [4.69, 9.17) is 0 Å². The number of aromatic nitrogens is 2. The summed E-state index contributed by atoms with van der Waals surface area (Å²) in [5, 5.41) is 3.67. The second kappa shape index (κ2) is 9.13. The van der Waals surface area contributed by atoms with Crippen LogP contribution >= 0.6 is 11.3 Å². The number of aryl methyl sites for hydroxylation is 2. The van der Waals surface area contributed by atoms with Crippen LogP contribution in [0.15, 0.2) is 35.1 Å². The Balaban J connectivity index is 1.14. The fourth-order valence-electron chi connectivity index (χ4n) is 4.71. The van der Waals surface area contributed by atoms with Gasteiger partial charge in [-0.3, -0.25) is 24.0 Å². The lowest BCUT2D eigenvalue weighted by molar-refractivity contribution is 0.0937. The van der Waals surface area contributed by atoms with E-state index < -0.39 is 0 Å². The van der Waals surface area contributed by atoms with Crippen molar-refractivity contribution in [3.8, 4) is 0 Å². The highest BCUT2D eigenvalue weighted by molar-refractivity contribution is 7.20. The predicted molar refractivity (Wildman–Crippen MR) is 127 cm³/mol. The van der Waals surface area contributed by atoms with Crippen LogP contribution < -0.4 is 10.9 Å². The van der Waals surface area contributed by atoms with Gasteiger partial charge in [-0.15, -0.1) is 11.3 Å². The number of piperazine rings is 1. The summed E-state index contributed by atoms with van der Waals surface area (Å²) in [5.74, 6) is 0.750. The van der Waals surface area contributed by atoms with Gasteiger partial charge in [-0.25, -0.2) is 4.98 Å². The maximum Gasteiger partial charge on any atom is 0.262 e. The first-order valence-corrected chi connectivity index (χ1v) is 12.2. The van der Waals surface area contributed by atoms with Gasteiger partial charge in [0.2, 0.25) is 0 Å². The number of hydrogen-bond acceptors (Lipinski definition) is 6. The SMILES string of the molecule is Cc1c(C(=O)NCCN2CCN(Cc3ccccc3)CC2)sc2nc3n(c(=O)c12)CCC3. The number of fused-ring (bicyclic) bond motifs is 2. The summed E-state index contributed by atoms with van der Waals surface area (Å²) < 4.78 is 1.77. The Labute approximate surface area is 191 Å². The fourth-order valence-corrected chi connectivity index (χ4v) is 5.82. The van der Waals surface area contributed by atoms with Gasteiger partial charge in [0.15, 0.2) is 0 Å². The minimum Gasteiger partial charge on any atom is -0.350 e. The van der Waals surface area contributed by atoms with E-state index in [0.29, 0.717) is 21.6 Å². The number of thiophene rings is 1. The molecule has 1 aromatic carbocycles. The molecule has 7 nitrogen and oxygen atoms in total. The molecule has 0 saturated carbocycles. The van der Waals surface area contributed by atoms with Gasteiger partial charge in [-0.05, 0) is 24.5 Å². The predicted octanol–water partition coefficient (Wildman–Crippen LogP) is 2.26. The number of benzene rings is 1. The van der Waals surface area contributed by atoms with Crippen molar-refractivity contribution < 1.29 is 4.79 Å². The highest BCUT2D eigenvalue weighted by atomic mass is 32.1. The number of nitrogens with one attached hydrogen (secondary N) is 1. The summed E-state index contributed by atoms with van der Waals surface area (Å²) in [6.07, 6.45) is 1.80. The fraction of sp³-hybridized carbons (Fsp3) is 0.458. The summed E-state index contributed by atoms with van der Waals surface area (Å²) in [4.78, 5) is 36.5. The Morgan fingerprint density at radius 3 is 2.62 bits per heavy atom. The van der Waals surface area contributed by atoms with E-state index in [1.54, 1.807) is 4.57 Å². The first-order valence-electron chi connectivity index (χ1n) is 11.4. The van der Waals surface area contributed by atoms with Gasteiger partial charge in [0.1, 0.15) is 10.7 Å². The molecule has 1 N–H and O–H groups in total. The molecule has 2 aliphatic rings. The molecule has 4 heterocycles. The first-order chi connectivity index (χ1) is 15.6. The van der Waals surface area contributed by atoms with Gasteiger partial charge in [0, 0.05) is 58.8 Å². The van der Waals surface area contributed by atoms with Gasteiger partial charge in [-0.2, -0.15) is 0 Å². The summed E-state index contributed by atoms with van der Waals surface area (Å²) in [6.45, 7) is 9.13. The van der Waals surface area contributed by atoms with Crippen LogP contribution in [-0.2, 0) is 19.5 Å². The van der Waals surface area contributed by atoms with Gasteiger partial charge in [0.05, 0.1) is 10.3 Å². The zero-order valence-corrected chi connectivity index (χ0v) is 19.3. The van der Waals surface area contributed by atoms with E-state index >= 15 is 0 Å². The first kappa shape index (κ1) is 21.3. The summed E-state index contributed by atoms with van der Waals surface area (Å²) in [6, 6.07) is 10.6. The van der Waals surface area contributed by atoms with Gasteiger partial charge < -0.3 is 5.32 Å². The van der Waals surface area contributed by atoms with Crippen LogP contribution in [0.1, 0.15) is 33.0 Å². The molecular weight excluding hydrogens is 422 g/mol. The topological polar surface area (TPSA) is 70.5 Å². The Bertz CT molecular complexity index is 1180. The second-order valence-electron chi connectivity index (χ2n) is 8.68. The molecule has 2 aromatic heterocycles. The number of hydrogen-bond donors (Lipinski definition) is 1. The van der Waals surface area contributed by atoms with Crippen molar-refractivity contribution in [3.63, 3.8) is 0 Å². The van der Waals surface area contributed by atoms with Crippen molar-refractivity contribution in [2.24, 2.45) is 0 Å². The summed E-state index contributed by atoms with van der Waals surface area (Å²) in [5.41, 5.74) is 2.12. The van der Waals surface area contributed by atoms with Crippen LogP contribution in [0.3, 0.4) is 0 Å². The van der Waals surface area contributed by atoms with Gasteiger partial charge >= 0.3 is 0 Å². The van der Waals surface area contributed by atoms with Crippen molar-refractivity contribution in [1.29, 1.82) is 0 Å². The highest BCUT2D eigenvalue weighted by Crippen LogP contribution is 2.28. The minimum atomic E-state index is -0.0993. The monoisotopic (exact) mass is 451 g/mol. The Morgan fingerprint density at radius 2 is 1.84 bits per heavy atom. The number of carbonyl (C=O) groups is 1. The summed E-state index contributed by atoms with van der Waals surface area (Å²) in [7, 11) is 0. The van der Waals surface area contributed by atoms with Crippen LogP contribution in [0.4, 0.5) is 0 Å². The molecule has 0 radical (unpaired) electrons. The Kier molecular flexibility index (Phi) is 6.08. The number of rotatable bonds is 6. The molecule has 32 heavy (non-hydrogen) atoms. The van der Waals surface area contributed by atoms with Crippen LogP contribution in [-0.4, -0.2) is 64.5 Å². The zero-order chi connectivity index (χ0) is 22.1. The molecule has 1 fully saturated rings. The quantitative estimate of drug-likeness (QED) is 0.623. The lowest BCUT2D eigenvalue weighted by atomic mass is 10.2. The molecular formula is C24H29N5O2S. The maximum atomic E-state index is 12.8. The Hall–Kier alpha value is -2.55. The lowest BCUT2D eigenvalue weighted by Crippen LogP contribution is -2.48. The van der Waals surface area contributed by atoms with E-state index in [-0.39, 0.29) is 11.5 Å². The largest absolute Gasteiger partial charge is 0.350 e. The van der Waals surface area contributed by atoms with Crippen molar-refractivity contribution in [2.75, 3.05) is 39.3 Å². The smallest absolute Gasteiger partial charge is 0.262 e. The van der Waals surface area contributed by atoms with Crippen LogP contribution in [0.5, 0.6) is 0 Å². The minimum absolute atomic E-state index is 0.00340. The molecule has 8 heteroatoms. The Morgan fingerprint density at radius 1 is 1.09 bits per heavy atom. The molecule has 1 saturated heterocycles. The van der Waals surface area contributed by atoms with E-state index in [9.17, 15) is 9.59 Å². The summed E-state index contributed by atoms with van der Waals surface area (Å²) >= 11 is 1.34. The molecule has 0 unspecified atom stereocenters. The molecule has 0 atom stereocenters. The van der Waals surface area contributed by atoms with E-state index in [2.05, 4.69) is 50.4 Å². The van der Waals surface area contributed by atoms with Crippen LogP contribution in [0.2, 0.25) is 0 Å². The third-order valence-electron chi connectivity index (χ3n) is 6.55. The molecule has 168 valence electrons. The molecule has 2 aliphatic heterocycles. The standard InChI is InChI=1S/C24H29N5O2S/c1-17-20-23(26-19-8-5-10-29(19)24(20)31)32-21(17)22(30)25-9-11-27-12-14-28(15-13-27)16-18-6-3-2-4-7-18/h2-4,6-7H,5,8-16H2,1H3,(H,25,30). The van der Waals surface area contributed by atoms with Gasteiger partial charge in [-0.1, -0.05) is 30.3 Å². The van der Waals surface area contributed by atoms with E-state index in [1.165, 1.54) is 16.9 Å². The number of amides is 1.